The molecule has 2 rings (SSSR count). The number of hydrogen-bond acceptors (Lipinski definition) is 2. The second-order valence-corrected chi connectivity index (χ2v) is 3.31. The van der Waals surface area contributed by atoms with Crippen LogP contribution in [0.2, 0.25) is 0 Å². The Morgan fingerprint density at radius 2 is 2.33 bits per heavy atom. The van der Waals surface area contributed by atoms with Crippen molar-refractivity contribution in [2.75, 3.05) is 0 Å². The summed E-state index contributed by atoms with van der Waals surface area (Å²) in [5, 5.41) is 9.43. The van der Waals surface area contributed by atoms with E-state index in [2.05, 4.69) is 4.99 Å². The van der Waals surface area contributed by atoms with Crippen LogP contribution in [-0.4, -0.2) is 16.7 Å². The normalized spacial score (nSPS) is 29.0. The summed E-state index contributed by atoms with van der Waals surface area (Å²) in [5.74, 6) is -0.0400. The van der Waals surface area contributed by atoms with Gasteiger partial charge in [-0.2, -0.15) is 0 Å². The number of aliphatic hydroxyl groups excluding tert-OH is 1. The summed E-state index contributed by atoms with van der Waals surface area (Å²) >= 11 is 0. The van der Waals surface area contributed by atoms with Gasteiger partial charge in [-0.3, -0.25) is 4.79 Å². The van der Waals surface area contributed by atoms with Crippen molar-refractivity contribution in [3.8, 4) is 0 Å². The van der Waals surface area contributed by atoms with E-state index in [0.29, 0.717) is 0 Å². The quantitative estimate of drug-likeness (QED) is 0.592. The molecule has 64 valence electrons. The van der Waals surface area contributed by atoms with Gasteiger partial charge in [0.25, 0.3) is 5.91 Å². The van der Waals surface area contributed by atoms with Gasteiger partial charge in [0.1, 0.15) is 5.76 Å². The Hall–Kier alpha value is -1.12. The van der Waals surface area contributed by atoms with Crippen molar-refractivity contribution in [1.82, 2.24) is 0 Å². The van der Waals surface area contributed by atoms with Gasteiger partial charge in [0.05, 0.1) is 5.92 Å². The molecule has 0 bridgehead atoms. The summed E-state index contributed by atoms with van der Waals surface area (Å²) in [6.45, 7) is 0. The summed E-state index contributed by atoms with van der Waals surface area (Å²) in [4.78, 5) is 14.8. The topological polar surface area (TPSA) is 49.7 Å². The Labute approximate surface area is 70.8 Å². The number of amides is 1. The smallest absolute Gasteiger partial charge is 0.273 e. The van der Waals surface area contributed by atoms with Crippen LogP contribution in [0.15, 0.2) is 16.8 Å². The van der Waals surface area contributed by atoms with Crippen LogP contribution >= 0.6 is 0 Å². The third-order valence-corrected chi connectivity index (χ3v) is 2.46. The van der Waals surface area contributed by atoms with Gasteiger partial charge in [-0.25, -0.2) is 4.99 Å². The molecule has 1 N–H and O–H groups in total. The maximum absolute atomic E-state index is 10.9. The van der Waals surface area contributed by atoms with Crippen LogP contribution in [0, 0.1) is 5.92 Å². The van der Waals surface area contributed by atoms with Crippen molar-refractivity contribution in [3.05, 3.63) is 11.8 Å². The third-order valence-electron chi connectivity index (χ3n) is 2.46. The van der Waals surface area contributed by atoms with Crippen molar-refractivity contribution in [1.29, 1.82) is 0 Å². The van der Waals surface area contributed by atoms with Crippen molar-refractivity contribution in [2.24, 2.45) is 10.9 Å². The zero-order valence-electron chi connectivity index (χ0n) is 6.79. The molecule has 0 spiro atoms. The van der Waals surface area contributed by atoms with Crippen molar-refractivity contribution in [2.45, 2.75) is 25.7 Å². The molecule has 1 atom stereocenters. The predicted molar refractivity (Wildman–Crippen MR) is 45.1 cm³/mol. The van der Waals surface area contributed by atoms with Crippen LogP contribution in [0.5, 0.6) is 0 Å². The summed E-state index contributed by atoms with van der Waals surface area (Å²) in [5.41, 5.74) is 0.881. The Morgan fingerprint density at radius 1 is 1.50 bits per heavy atom. The largest absolute Gasteiger partial charge is 0.511 e. The van der Waals surface area contributed by atoms with Gasteiger partial charge < -0.3 is 5.11 Å². The number of allylic oxidation sites excluding steroid dienone is 1. The molecule has 1 aliphatic heterocycles. The SMILES string of the molecule is O=C1C=C(O)C2CCCCC2=N1. The van der Waals surface area contributed by atoms with Gasteiger partial charge in [-0.1, -0.05) is 6.42 Å². The second-order valence-electron chi connectivity index (χ2n) is 3.31. The molecule has 1 aliphatic carbocycles. The van der Waals surface area contributed by atoms with Crippen LogP contribution in [0.25, 0.3) is 0 Å². The first-order valence-corrected chi connectivity index (χ1v) is 4.29. The number of carbonyl (C=O) groups is 1. The number of fused-ring (bicyclic) bond motifs is 1. The highest BCUT2D eigenvalue weighted by atomic mass is 16.3. The molecular formula is C9H11NO2. The number of dihydropyridines is 1. The number of nitrogens with zero attached hydrogens (tertiary/aromatic N) is 1. The van der Waals surface area contributed by atoms with E-state index in [0.717, 1.165) is 31.4 Å². The monoisotopic (exact) mass is 165 g/mol. The fourth-order valence-electron chi connectivity index (χ4n) is 1.85. The van der Waals surface area contributed by atoms with Crippen LogP contribution in [0.4, 0.5) is 0 Å². The maximum atomic E-state index is 10.9. The first-order chi connectivity index (χ1) is 5.77. The summed E-state index contributed by atoms with van der Waals surface area (Å²) in [6.07, 6.45) is 5.26. The molecule has 1 heterocycles. The second kappa shape index (κ2) is 2.73. The average Bonchev–Trinajstić information content (AvgIpc) is 2.04. The van der Waals surface area contributed by atoms with E-state index in [1.807, 2.05) is 0 Å². The number of carbonyl (C=O) groups excluding carboxylic acids is 1. The lowest BCUT2D eigenvalue weighted by Crippen LogP contribution is -2.25. The number of aliphatic hydroxyl groups is 1. The zero-order chi connectivity index (χ0) is 8.55. The molecule has 1 fully saturated rings. The molecule has 0 aromatic carbocycles. The van der Waals surface area contributed by atoms with Crippen LogP contribution in [0.3, 0.4) is 0 Å². The maximum Gasteiger partial charge on any atom is 0.273 e. The molecule has 1 amide bonds. The highest BCUT2D eigenvalue weighted by Gasteiger charge is 2.27. The molecule has 0 aromatic heterocycles. The van der Waals surface area contributed by atoms with E-state index in [1.54, 1.807) is 0 Å². The Bertz CT molecular complexity index is 278. The molecule has 3 heteroatoms. The first kappa shape index (κ1) is 7.53. The van der Waals surface area contributed by atoms with Crippen molar-refractivity contribution >= 4 is 11.6 Å². The molecule has 0 aromatic rings. The summed E-state index contributed by atoms with van der Waals surface area (Å²) in [6, 6.07) is 0. The van der Waals surface area contributed by atoms with Gasteiger partial charge in [0.2, 0.25) is 0 Å². The van der Waals surface area contributed by atoms with Crippen LogP contribution in [0.1, 0.15) is 25.7 Å². The minimum atomic E-state index is -0.305. The fourth-order valence-corrected chi connectivity index (χ4v) is 1.85. The highest BCUT2D eigenvalue weighted by Crippen LogP contribution is 2.28. The van der Waals surface area contributed by atoms with Gasteiger partial charge in [-0.15, -0.1) is 0 Å². The summed E-state index contributed by atoms with van der Waals surface area (Å²) < 4.78 is 0. The Kier molecular flexibility index (Phi) is 1.71. The molecule has 12 heavy (non-hydrogen) atoms. The van der Waals surface area contributed by atoms with E-state index >= 15 is 0 Å². The molecular weight excluding hydrogens is 154 g/mol. The number of hydrogen-bond donors (Lipinski definition) is 1. The van der Waals surface area contributed by atoms with E-state index in [1.165, 1.54) is 6.08 Å². The van der Waals surface area contributed by atoms with E-state index < -0.39 is 0 Å². The lowest BCUT2D eigenvalue weighted by molar-refractivity contribution is -0.113. The standard InChI is InChI=1S/C9H11NO2/c11-8-5-9(12)10-7-4-2-1-3-6(7)8/h5-6,11H,1-4H2. The van der Waals surface area contributed by atoms with Gasteiger partial charge in [0, 0.05) is 11.8 Å². The molecule has 1 unspecified atom stereocenters. The van der Waals surface area contributed by atoms with E-state index in [9.17, 15) is 9.90 Å². The Balaban J connectivity index is 2.28. The average molecular weight is 165 g/mol. The lowest BCUT2D eigenvalue weighted by atomic mass is 9.84. The molecule has 0 saturated heterocycles. The van der Waals surface area contributed by atoms with Crippen molar-refractivity contribution in [3.63, 3.8) is 0 Å². The fraction of sp³-hybridized carbons (Fsp3) is 0.556. The zero-order valence-corrected chi connectivity index (χ0v) is 6.79. The van der Waals surface area contributed by atoms with Gasteiger partial charge in [-0.05, 0) is 19.3 Å². The molecule has 0 radical (unpaired) electrons. The van der Waals surface area contributed by atoms with Gasteiger partial charge in [0.15, 0.2) is 0 Å². The van der Waals surface area contributed by atoms with Gasteiger partial charge >= 0.3 is 0 Å². The molecule has 3 nitrogen and oxygen atoms in total. The number of aliphatic imine (C=N–C) groups is 1. The highest BCUT2D eigenvalue weighted by molar-refractivity contribution is 6.05. The molecule has 1 saturated carbocycles. The van der Waals surface area contributed by atoms with Crippen LogP contribution < -0.4 is 0 Å². The van der Waals surface area contributed by atoms with Crippen molar-refractivity contribution < 1.29 is 9.90 Å². The third kappa shape index (κ3) is 1.15. The predicted octanol–water partition coefficient (Wildman–Crippen LogP) is 1.60. The molecule has 2 aliphatic rings. The lowest BCUT2D eigenvalue weighted by Gasteiger charge is -2.25. The van der Waals surface area contributed by atoms with Crippen LogP contribution in [-0.2, 0) is 4.79 Å². The minimum absolute atomic E-state index is 0.0523. The number of rotatable bonds is 0. The Morgan fingerprint density at radius 3 is 3.17 bits per heavy atom. The van der Waals surface area contributed by atoms with E-state index in [4.69, 9.17) is 0 Å². The minimum Gasteiger partial charge on any atom is -0.511 e. The first-order valence-electron chi connectivity index (χ1n) is 4.29. The van der Waals surface area contributed by atoms with E-state index in [-0.39, 0.29) is 17.6 Å². The summed E-state index contributed by atoms with van der Waals surface area (Å²) in [7, 11) is 0.